The molecule has 0 saturated carbocycles. The van der Waals surface area contributed by atoms with Crippen molar-refractivity contribution in [3.63, 3.8) is 0 Å². The zero-order valence-corrected chi connectivity index (χ0v) is 12.1. The molecule has 2 fully saturated rings. The van der Waals surface area contributed by atoms with Gasteiger partial charge in [-0.15, -0.1) is 0 Å². The SMILES string of the molecule is Cc1ccc(N2CCC3C(CCCN3C)C2)c(N)c1. The first-order valence-electron chi connectivity index (χ1n) is 7.46. The number of hydrogen-bond donors (Lipinski definition) is 1. The number of likely N-dealkylation sites (tertiary alicyclic amines) is 1. The maximum absolute atomic E-state index is 6.20. The number of fused-ring (bicyclic) bond motifs is 1. The average molecular weight is 259 g/mol. The highest BCUT2D eigenvalue weighted by Crippen LogP contribution is 2.34. The van der Waals surface area contributed by atoms with Gasteiger partial charge in [0.2, 0.25) is 0 Å². The van der Waals surface area contributed by atoms with Crippen LogP contribution in [0.1, 0.15) is 24.8 Å². The lowest BCUT2D eigenvalue weighted by molar-refractivity contribution is 0.102. The molecule has 3 rings (SSSR count). The minimum absolute atomic E-state index is 0.789. The van der Waals surface area contributed by atoms with Crippen LogP contribution in [0.25, 0.3) is 0 Å². The van der Waals surface area contributed by atoms with Crippen molar-refractivity contribution >= 4 is 11.4 Å². The van der Waals surface area contributed by atoms with E-state index < -0.39 is 0 Å². The second kappa shape index (κ2) is 5.04. The molecular formula is C16H25N3. The lowest BCUT2D eigenvalue weighted by Crippen LogP contribution is -2.52. The van der Waals surface area contributed by atoms with E-state index in [-0.39, 0.29) is 0 Å². The summed E-state index contributed by atoms with van der Waals surface area (Å²) in [5.74, 6) is 0.813. The van der Waals surface area contributed by atoms with Crippen molar-refractivity contribution in [3.8, 4) is 0 Å². The Balaban J connectivity index is 1.77. The Morgan fingerprint density at radius 2 is 2.05 bits per heavy atom. The molecule has 3 heteroatoms. The molecule has 0 amide bonds. The van der Waals surface area contributed by atoms with E-state index in [2.05, 4.69) is 42.0 Å². The first-order valence-corrected chi connectivity index (χ1v) is 7.46. The molecule has 0 bridgehead atoms. The average Bonchev–Trinajstić information content (AvgIpc) is 2.38. The number of benzene rings is 1. The molecule has 2 N–H and O–H groups in total. The largest absolute Gasteiger partial charge is 0.397 e. The zero-order valence-electron chi connectivity index (χ0n) is 12.1. The Hall–Kier alpha value is -1.22. The van der Waals surface area contributed by atoms with Crippen LogP contribution in [0, 0.1) is 12.8 Å². The predicted molar refractivity (Wildman–Crippen MR) is 81.6 cm³/mol. The van der Waals surface area contributed by atoms with Crippen LogP contribution in [0.3, 0.4) is 0 Å². The van der Waals surface area contributed by atoms with Crippen LogP contribution in [0.15, 0.2) is 18.2 Å². The molecule has 0 aliphatic carbocycles. The molecule has 2 atom stereocenters. The van der Waals surface area contributed by atoms with Crippen molar-refractivity contribution < 1.29 is 0 Å². The van der Waals surface area contributed by atoms with Gasteiger partial charge in [-0.1, -0.05) is 6.07 Å². The number of nitrogen functional groups attached to an aromatic ring is 1. The maximum Gasteiger partial charge on any atom is 0.0600 e. The molecule has 2 saturated heterocycles. The summed E-state index contributed by atoms with van der Waals surface area (Å²) in [7, 11) is 2.28. The first kappa shape index (κ1) is 12.8. The van der Waals surface area contributed by atoms with E-state index in [1.165, 1.54) is 43.6 Å². The van der Waals surface area contributed by atoms with Gasteiger partial charge < -0.3 is 15.5 Å². The summed E-state index contributed by atoms with van der Waals surface area (Å²) in [6.45, 7) is 5.68. The van der Waals surface area contributed by atoms with Crippen molar-refractivity contribution in [3.05, 3.63) is 23.8 Å². The van der Waals surface area contributed by atoms with E-state index in [9.17, 15) is 0 Å². The first-order chi connectivity index (χ1) is 9.15. The van der Waals surface area contributed by atoms with Gasteiger partial charge >= 0.3 is 0 Å². The molecule has 0 aromatic heterocycles. The Kier molecular flexibility index (Phi) is 3.40. The summed E-state index contributed by atoms with van der Waals surface area (Å²) >= 11 is 0. The highest BCUT2D eigenvalue weighted by atomic mass is 15.2. The van der Waals surface area contributed by atoms with E-state index in [0.717, 1.165) is 24.2 Å². The molecular weight excluding hydrogens is 234 g/mol. The number of nitrogens with zero attached hydrogens (tertiary/aromatic N) is 2. The van der Waals surface area contributed by atoms with Gasteiger partial charge in [0.05, 0.1) is 11.4 Å². The van der Waals surface area contributed by atoms with Crippen LogP contribution in [0.4, 0.5) is 11.4 Å². The number of piperidine rings is 2. The number of hydrogen-bond acceptors (Lipinski definition) is 3. The molecule has 0 spiro atoms. The summed E-state index contributed by atoms with van der Waals surface area (Å²) < 4.78 is 0. The lowest BCUT2D eigenvalue weighted by Gasteiger charge is -2.46. The van der Waals surface area contributed by atoms with Crippen molar-refractivity contribution in [2.75, 3.05) is 37.3 Å². The summed E-state index contributed by atoms with van der Waals surface area (Å²) in [5.41, 5.74) is 9.61. The van der Waals surface area contributed by atoms with Crippen LogP contribution < -0.4 is 10.6 Å². The van der Waals surface area contributed by atoms with E-state index in [4.69, 9.17) is 5.73 Å². The van der Waals surface area contributed by atoms with E-state index in [1.807, 2.05) is 0 Å². The highest BCUT2D eigenvalue weighted by Gasteiger charge is 2.34. The molecule has 2 heterocycles. The van der Waals surface area contributed by atoms with Crippen LogP contribution in [-0.4, -0.2) is 37.6 Å². The monoisotopic (exact) mass is 259 g/mol. The number of anilines is 2. The quantitative estimate of drug-likeness (QED) is 0.787. The predicted octanol–water partition coefficient (Wildman–Crippen LogP) is 2.50. The molecule has 2 unspecified atom stereocenters. The minimum Gasteiger partial charge on any atom is -0.397 e. The molecule has 104 valence electrons. The standard InChI is InChI=1S/C16H25N3/c1-12-5-6-16(14(17)10-12)19-9-7-15-13(11-19)4-3-8-18(15)2/h5-6,10,13,15H,3-4,7-9,11,17H2,1-2H3. The van der Waals surface area contributed by atoms with Crippen molar-refractivity contribution in [1.82, 2.24) is 4.90 Å². The molecule has 19 heavy (non-hydrogen) atoms. The Morgan fingerprint density at radius 1 is 1.21 bits per heavy atom. The van der Waals surface area contributed by atoms with Gasteiger partial charge in [0.15, 0.2) is 0 Å². The molecule has 0 radical (unpaired) electrons. The molecule has 2 aliphatic heterocycles. The Morgan fingerprint density at radius 3 is 2.84 bits per heavy atom. The van der Waals surface area contributed by atoms with Gasteiger partial charge in [0, 0.05) is 19.1 Å². The minimum atomic E-state index is 0.789. The summed E-state index contributed by atoms with van der Waals surface area (Å²) in [4.78, 5) is 5.05. The Bertz CT molecular complexity index is 457. The second-order valence-corrected chi connectivity index (χ2v) is 6.25. The molecule has 3 nitrogen and oxygen atoms in total. The lowest BCUT2D eigenvalue weighted by atomic mass is 9.84. The van der Waals surface area contributed by atoms with Gasteiger partial charge in [0.25, 0.3) is 0 Å². The molecule has 1 aromatic carbocycles. The second-order valence-electron chi connectivity index (χ2n) is 6.25. The third kappa shape index (κ3) is 2.44. The summed E-state index contributed by atoms with van der Waals surface area (Å²) in [5, 5.41) is 0. The normalized spacial score (nSPS) is 28.2. The van der Waals surface area contributed by atoms with Gasteiger partial charge in [-0.2, -0.15) is 0 Å². The van der Waals surface area contributed by atoms with E-state index in [1.54, 1.807) is 0 Å². The van der Waals surface area contributed by atoms with Crippen LogP contribution in [0.5, 0.6) is 0 Å². The summed E-state index contributed by atoms with van der Waals surface area (Å²) in [6, 6.07) is 7.24. The Labute approximate surface area is 116 Å². The number of nitrogens with two attached hydrogens (primary N) is 1. The smallest absolute Gasteiger partial charge is 0.0600 e. The van der Waals surface area contributed by atoms with Crippen LogP contribution in [0.2, 0.25) is 0 Å². The van der Waals surface area contributed by atoms with Gasteiger partial charge in [-0.25, -0.2) is 0 Å². The van der Waals surface area contributed by atoms with Crippen molar-refractivity contribution in [2.45, 2.75) is 32.2 Å². The fourth-order valence-electron chi connectivity index (χ4n) is 3.83. The van der Waals surface area contributed by atoms with Gasteiger partial charge in [-0.3, -0.25) is 0 Å². The third-order valence-electron chi connectivity index (χ3n) is 4.87. The van der Waals surface area contributed by atoms with Crippen molar-refractivity contribution in [1.29, 1.82) is 0 Å². The fraction of sp³-hybridized carbons (Fsp3) is 0.625. The molecule has 1 aromatic rings. The van der Waals surface area contributed by atoms with Crippen molar-refractivity contribution in [2.24, 2.45) is 5.92 Å². The third-order valence-corrected chi connectivity index (χ3v) is 4.87. The van der Waals surface area contributed by atoms with E-state index >= 15 is 0 Å². The number of rotatable bonds is 1. The maximum atomic E-state index is 6.20. The topological polar surface area (TPSA) is 32.5 Å². The number of aryl methyl sites for hydroxylation is 1. The molecule has 2 aliphatic rings. The van der Waals surface area contributed by atoms with Gasteiger partial charge in [0.1, 0.15) is 0 Å². The zero-order chi connectivity index (χ0) is 13.4. The van der Waals surface area contributed by atoms with Crippen LogP contribution >= 0.6 is 0 Å². The van der Waals surface area contributed by atoms with Gasteiger partial charge in [-0.05, 0) is 63.4 Å². The highest BCUT2D eigenvalue weighted by molar-refractivity contribution is 5.68. The van der Waals surface area contributed by atoms with E-state index in [0.29, 0.717) is 0 Å². The summed E-state index contributed by atoms with van der Waals surface area (Å²) in [6.07, 6.45) is 3.99. The fourth-order valence-corrected chi connectivity index (χ4v) is 3.83. The van der Waals surface area contributed by atoms with Crippen LogP contribution in [-0.2, 0) is 0 Å².